The number of carboxylic acid groups (broad SMARTS) is 1. The molecule has 4 nitrogen and oxygen atoms in total. The number of aliphatic carboxylic acids is 1. The molecule has 35 heavy (non-hydrogen) atoms. The van der Waals surface area contributed by atoms with Gasteiger partial charge in [0.25, 0.3) is 0 Å². The summed E-state index contributed by atoms with van der Waals surface area (Å²) in [6.07, 6.45) is -0.578. The predicted molar refractivity (Wildman–Crippen MR) is 128 cm³/mol. The minimum Gasteiger partial charge on any atom is -0.489 e. The lowest BCUT2D eigenvalue weighted by Crippen LogP contribution is -2.13. The van der Waals surface area contributed by atoms with Crippen molar-refractivity contribution in [2.75, 3.05) is 6.61 Å². The van der Waals surface area contributed by atoms with Crippen molar-refractivity contribution in [2.45, 2.75) is 48.3 Å². The van der Waals surface area contributed by atoms with Crippen LogP contribution in [-0.4, -0.2) is 17.7 Å². The van der Waals surface area contributed by atoms with Crippen molar-refractivity contribution in [3.8, 4) is 11.5 Å². The van der Waals surface area contributed by atoms with E-state index in [-0.39, 0.29) is 13.2 Å². The summed E-state index contributed by atoms with van der Waals surface area (Å²) in [5.41, 5.74) is 2.28. The summed E-state index contributed by atoms with van der Waals surface area (Å²) < 4.78 is 49.2. The standard InChI is InChI=1S/C26H22ClF3O4S/c27-21-13-16(14-33-18-8-6-17(7-9-18)26(28,29)30)5-11-24(21)35-23-12-10-22(34-15-25(31)32)19-3-1-2-4-20(19)23/h5-13H,1-4,14-15H2,(H,31,32). The first-order valence-electron chi connectivity index (χ1n) is 11.0. The lowest BCUT2D eigenvalue weighted by molar-refractivity contribution is -0.139. The smallest absolute Gasteiger partial charge is 0.416 e. The van der Waals surface area contributed by atoms with Crippen LogP contribution in [0.2, 0.25) is 5.02 Å². The van der Waals surface area contributed by atoms with Crippen molar-refractivity contribution in [1.29, 1.82) is 0 Å². The van der Waals surface area contributed by atoms with Crippen LogP contribution in [0.1, 0.15) is 35.1 Å². The molecular weight excluding hydrogens is 501 g/mol. The average Bonchev–Trinajstić information content (AvgIpc) is 2.83. The second kappa shape index (κ2) is 10.8. The van der Waals surface area contributed by atoms with Gasteiger partial charge in [-0.25, -0.2) is 4.79 Å². The summed E-state index contributed by atoms with van der Waals surface area (Å²) in [5, 5.41) is 9.47. The predicted octanol–water partition coefficient (Wildman–Crippen LogP) is 7.43. The molecule has 0 unspecified atom stereocenters. The highest BCUT2D eigenvalue weighted by Gasteiger charge is 2.30. The fourth-order valence-electron chi connectivity index (χ4n) is 3.91. The molecule has 1 aliphatic carbocycles. The van der Waals surface area contributed by atoms with Crippen molar-refractivity contribution in [3.05, 3.63) is 81.9 Å². The van der Waals surface area contributed by atoms with Crippen LogP contribution >= 0.6 is 23.4 Å². The van der Waals surface area contributed by atoms with Crippen LogP contribution in [0.3, 0.4) is 0 Å². The van der Waals surface area contributed by atoms with Crippen LogP contribution in [0.15, 0.2) is 64.4 Å². The Balaban J connectivity index is 1.45. The number of fused-ring (bicyclic) bond motifs is 1. The molecule has 3 aromatic rings. The van der Waals surface area contributed by atoms with E-state index in [9.17, 15) is 18.0 Å². The molecule has 0 aliphatic heterocycles. The maximum Gasteiger partial charge on any atom is 0.416 e. The first kappa shape index (κ1) is 25.3. The second-order valence-electron chi connectivity index (χ2n) is 8.09. The minimum atomic E-state index is -4.38. The number of ether oxygens (including phenoxy) is 2. The van der Waals surface area contributed by atoms with E-state index in [1.165, 1.54) is 23.9 Å². The molecule has 184 valence electrons. The third kappa shape index (κ3) is 6.44. The van der Waals surface area contributed by atoms with E-state index in [0.29, 0.717) is 16.5 Å². The van der Waals surface area contributed by atoms with Gasteiger partial charge >= 0.3 is 12.1 Å². The fraction of sp³-hybridized carbons (Fsp3) is 0.269. The van der Waals surface area contributed by atoms with Gasteiger partial charge in [-0.2, -0.15) is 13.2 Å². The highest BCUT2D eigenvalue weighted by Crippen LogP contribution is 2.41. The van der Waals surface area contributed by atoms with Crippen LogP contribution in [0.4, 0.5) is 13.2 Å². The number of benzene rings is 3. The van der Waals surface area contributed by atoms with Crippen LogP contribution in [0.5, 0.6) is 11.5 Å². The molecule has 1 aliphatic rings. The van der Waals surface area contributed by atoms with Crippen molar-refractivity contribution in [3.63, 3.8) is 0 Å². The Kier molecular flexibility index (Phi) is 7.82. The molecule has 0 amide bonds. The van der Waals surface area contributed by atoms with Gasteiger partial charge in [0.1, 0.15) is 18.1 Å². The summed E-state index contributed by atoms with van der Waals surface area (Å²) in [6.45, 7) is -0.207. The summed E-state index contributed by atoms with van der Waals surface area (Å²) in [7, 11) is 0. The summed E-state index contributed by atoms with van der Waals surface area (Å²) in [5.74, 6) is -0.0556. The number of rotatable bonds is 8. The SMILES string of the molecule is O=C(O)COc1ccc(Sc2ccc(COc3ccc(C(F)(F)F)cc3)cc2Cl)c2c1CCCC2. The zero-order chi connectivity index (χ0) is 25.0. The number of halogens is 4. The fourth-order valence-corrected chi connectivity index (χ4v) is 5.25. The average molecular weight is 523 g/mol. The minimum absolute atomic E-state index is 0.168. The summed E-state index contributed by atoms with van der Waals surface area (Å²) >= 11 is 8.08. The molecule has 0 fully saturated rings. The van der Waals surface area contributed by atoms with E-state index in [0.717, 1.165) is 64.3 Å². The van der Waals surface area contributed by atoms with Gasteiger partial charge in [0.05, 0.1) is 10.6 Å². The highest BCUT2D eigenvalue weighted by molar-refractivity contribution is 7.99. The number of carboxylic acids is 1. The van der Waals surface area contributed by atoms with Crippen LogP contribution in [-0.2, 0) is 30.4 Å². The Labute approximate surface area is 210 Å². The third-order valence-corrected chi connectivity index (χ3v) is 7.21. The van der Waals surface area contributed by atoms with E-state index in [1.54, 1.807) is 6.07 Å². The first-order valence-corrected chi connectivity index (χ1v) is 12.2. The van der Waals surface area contributed by atoms with Gasteiger partial charge in [-0.1, -0.05) is 29.4 Å². The van der Waals surface area contributed by atoms with Crippen LogP contribution < -0.4 is 9.47 Å². The van der Waals surface area contributed by atoms with Crippen LogP contribution in [0, 0.1) is 0 Å². The monoisotopic (exact) mass is 522 g/mol. The molecule has 0 saturated carbocycles. The van der Waals surface area contributed by atoms with Crippen molar-refractivity contribution in [2.24, 2.45) is 0 Å². The third-order valence-electron chi connectivity index (χ3n) is 5.60. The Morgan fingerprint density at radius 2 is 1.63 bits per heavy atom. The van der Waals surface area contributed by atoms with E-state index in [2.05, 4.69) is 0 Å². The quantitative estimate of drug-likeness (QED) is 0.333. The van der Waals surface area contributed by atoms with E-state index < -0.39 is 17.7 Å². The molecule has 0 radical (unpaired) electrons. The summed E-state index contributed by atoms with van der Waals surface area (Å²) in [6, 6.07) is 13.9. The Morgan fingerprint density at radius 3 is 2.29 bits per heavy atom. The molecule has 0 atom stereocenters. The highest BCUT2D eigenvalue weighted by atomic mass is 35.5. The van der Waals surface area contributed by atoms with E-state index in [4.69, 9.17) is 26.2 Å². The normalized spacial score (nSPS) is 13.3. The van der Waals surface area contributed by atoms with Gasteiger partial charge in [0.15, 0.2) is 6.61 Å². The summed E-state index contributed by atoms with van der Waals surface area (Å²) in [4.78, 5) is 12.8. The van der Waals surface area contributed by atoms with Crippen molar-refractivity contribution < 1.29 is 32.5 Å². The molecule has 0 saturated heterocycles. The second-order valence-corrected chi connectivity index (χ2v) is 9.58. The Morgan fingerprint density at radius 1 is 0.943 bits per heavy atom. The van der Waals surface area contributed by atoms with E-state index in [1.807, 2.05) is 24.3 Å². The van der Waals surface area contributed by atoms with Crippen molar-refractivity contribution in [1.82, 2.24) is 0 Å². The molecule has 0 bridgehead atoms. The maximum absolute atomic E-state index is 12.7. The van der Waals surface area contributed by atoms with Crippen molar-refractivity contribution >= 4 is 29.3 Å². The number of hydrogen-bond donors (Lipinski definition) is 1. The van der Waals surface area contributed by atoms with Gasteiger partial charge in [-0.05, 0) is 90.9 Å². The van der Waals surface area contributed by atoms with Gasteiger partial charge in [-0.3, -0.25) is 0 Å². The lowest BCUT2D eigenvalue weighted by atomic mass is 9.91. The van der Waals surface area contributed by atoms with E-state index >= 15 is 0 Å². The Bertz CT molecular complexity index is 1210. The molecule has 4 rings (SSSR count). The van der Waals surface area contributed by atoms with Gasteiger partial charge in [0, 0.05) is 9.79 Å². The molecule has 0 spiro atoms. The molecule has 0 heterocycles. The van der Waals surface area contributed by atoms with Gasteiger partial charge < -0.3 is 14.6 Å². The molecular formula is C26H22ClF3O4S. The number of alkyl halides is 3. The zero-order valence-electron chi connectivity index (χ0n) is 18.5. The molecule has 1 N–H and O–H groups in total. The molecule has 3 aromatic carbocycles. The van der Waals surface area contributed by atoms with Crippen LogP contribution in [0.25, 0.3) is 0 Å². The molecule has 0 aromatic heterocycles. The lowest BCUT2D eigenvalue weighted by Gasteiger charge is -2.22. The largest absolute Gasteiger partial charge is 0.489 e. The number of carbonyl (C=O) groups is 1. The zero-order valence-corrected chi connectivity index (χ0v) is 20.1. The Hall–Kier alpha value is -2.84. The van der Waals surface area contributed by atoms with Gasteiger partial charge in [0.2, 0.25) is 0 Å². The number of hydrogen-bond acceptors (Lipinski definition) is 4. The van der Waals surface area contributed by atoms with Gasteiger partial charge in [-0.15, -0.1) is 0 Å². The maximum atomic E-state index is 12.7. The molecule has 9 heteroatoms. The topological polar surface area (TPSA) is 55.8 Å². The first-order chi connectivity index (χ1) is 16.7.